The lowest BCUT2D eigenvalue weighted by Gasteiger charge is -2.46. The summed E-state index contributed by atoms with van der Waals surface area (Å²) in [7, 11) is 0. The first-order valence-electron chi connectivity index (χ1n) is 8.82. The highest BCUT2D eigenvalue weighted by Gasteiger charge is 2.37. The highest BCUT2D eigenvalue weighted by molar-refractivity contribution is 14.1. The van der Waals surface area contributed by atoms with E-state index in [0.29, 0.717) is 23.4 Å². The molecule has 1 saturated heterocycles. The van der Waals surface area contributed by atoms with Gasteiger partial charge in [-0.25, -0.2) is 9.97 Å². The van der Waals surface area contributed by atoms with E-state index in [9.17, 15) is 0 Å². The topological polar surface area (TPSA) is 87.9 Å². The van der Waals surface area contributed by atoms with E-state index in [-0.39, 0.29) is 11.1 Å². The van der Waals surface area contributed by atoms with Gasteiger partial charge in [0.25, 0.3) is 0 Å². The molecule has 1 aliphatic rings. The summed E-state index contributed by atoms with van der Waals surface area (Å²) in [5.74, 6) is 1.31. The zero-order valence-corrected chi connectivity index (χ0v) is 17.9. The van der Waals surface area contributed by atoms with E-state index in [1.165, 1.54) is 3.57 Å². The summed E-state index contributed by atoms with van der Waals surface area (Å²) >= 11 is 2.28. The van der Waals surface area contributed by atoms with Crippen LogP contribution >= 0.6 is 22.6 Å². The molecule has 0 unspecified atom stereocenters. The van der Waals surface area contributed by atoms with E-state index in [1.54, 1.807) is 6.33 Å². The van der Waals surface area contributed by atoms with Gasteiger partial charge in [-0.3, -0.25) is 0 Å². The molecule has 6 nitrogen and oxygen atoms in total. The molecule has 1 aliphatic heterocycles. The average molecular weight is 466 g/mol. The maximum Gasteiger partial charge on any atom is 0.159 e. The lowest BCUT2D eigenvalue weighted by atomic mass is 9.79. The molecule has 7 heteroatoms. The van der Waals surface area contributed by atoms with E-state index < -0.39 is 0 Å². The Labute approximate surface area is 168 Å². The highest BCUT2D eigenvalue weighted by atomic mass is 127. The van der Waals surface area contributed by atoms with Crippen LogP contribution in [0, 0.1) is 3.57 Å². The van der Waals surface area contributed by atoms with Gasteiger partial charge in [0, 0.05) is 26.4 Å². The van der Waals surface area contributed by atoms with Crippen molar-refractivity contribution in [2.45, 2.75) is 57.7 Å². The van der Waals surface area contributed by atoms with Crippen molar-refractivity contribution in [3.63, 3.8) is 0 Å². The number of hydrogen-bond donors (Lipinski definition) is 4. The Kier molecular flexibility index (Phi) is 5.30. The third-order valence-electron chi connectivity index (χ3n) is 4.52. The fourth-order valence-electron chi connectivity index (χ4n) is 3.90. The summed E-state index contributed by atoms with van der Waals surface area (Å²) in [6, 6.07) is 8.39. The minimum Gasteiger partial charge on any atom is -0.393 e. The van der Waals surface area contributed by atoms with Gasteiger partial charge in [-0.1, -0.05) is 0 Å². The Morgan fingerprint density at radius 1 is 1.04 bits per heavy atom. The van der Waals surface area contributed by atoms with Crippen molar-refractivity contribution in [1.29, 1.82) is 0 Å². The minimum absolute atomic E-state index is 0.0590. The summed E-state index contributed by atoms with van der Waals surface area (Å²) < 4.78 is 1.18. The third-order valence-corrected chi connectivity index (χ3v) is 5.24. The molecule has 1 fully saturated rings. The van der Waals surface area contributed by atoms with E-state index in [1.807, 2.05) is 24.3 Å². The molecule has 1 aromatic heterocycles. The first-order valence-corrected chi connectivity index (χ1v) is 9.90. The third kappa shape index (κ3) is 4.76. The van der Waals surface area contributed by atoms with Crippen LogP contribution in [0.15, 0.2) is 30.6 Å². The van der Waals surface area contributed by atoms with Crippen LogP contribution in [0.25, 0.3) is 0 Å². The number of halogens is 1. The Morgan fingerprint density at radius 2 is 1.62 bits per heavy atom. The van der Waals surface area contributed by atoms with Crippen LogP contribution in [-0.4, -0.2) is 27.1 Å². The Balaban J connectivity index is 1.77. The summed E-state index contributed by atoms with van der Waals surface area (Å²) in [6.45, 7) is 8.93. The van der Waals surface area contributed by atoms with Crippen molar-refractivity contribution in [1.82, 2.24) is 15.3 Å². The van der Waals surface area contributed by atoms with Gasteiger partial charge in [-0.05, 0) is 87.4 Å². The summed E-state index contributed by atoms with van der Waals surface area (Å²) in [6.07, 6.45) is 3.55. The van der Waals surface area contributed by atoms with E-state index in [4.69, 9.17) is 5.73 Å². The van der Waals surface area contributed by atoms with Crippen molar-refractivity contribution in [3.8, 4) is 0 Å². The molecule has 0 radical (unpaired) electrons. The second-order valence-electron chi connectivity index (χ2n) is 8.26. The molecule has 5 N–H and O–H groups in total. The molecule has 0 amide bonds. The largest absolute Gasteiger partial charge is 0.393 e. The molecule has 0 spiro atoms. The molecular formula is C19H27IN6. The molecule has 1 aromatic carbocycles. The van der Waals surface area contributed by atoms with Crippen LogP contribution in [0.1, 0.15) is 40.5 Å². The molecule has 0 atom stereocenters. The second kappa shape index (κ2) is 7.19. The zero-order valence-electron chi connectivity index (χ0n) is 15.7. The number of benzene rings is 1. The fourth-order valence-corrected chi connectivity index (χ4v) is 4.26. The van der Waals surface area contributed by atoms with Crippen molar-refractivity contribution in [3.05, 3.63) is 34.2 Å². The Morgan fingerprint density at radius 3 is 2.23 bits per heavy atom. The van der Waals surface area contributed by atoms with Crippen LogP contribution in [0.4, 0.5) is 23.0 Å². The van der Waals surface area contributed by atoms with Gasteiger partial charge in [0.2, 0.25) is 0 Å². The number of piperidine rings is 1. The van der Waals surface area contributed by atoms with Crippen LogP contribution in [0.2, 0.25) is 0 Å². The first kappa shape index (κ1) is 19.2. The van der Waals surface area contributed by atoms with Gasteiger partial charge < -0.3 is 21.7 Å². The van der Waals surface area contributed by atoms with Crippen molar-refractivity contribution in [2.75, 3.05) is 16.4 Å². The van der Waals surface area contributed by atoms with E-state index >= 15 is 0 Å². The fraction of sp³-hybridized carbons (Fsp3) is 0.474. The molecule has 0 aliphatic carbocycles. The molecule has 0 bridgehead atoms. The van der Waals surface area contributed by atoms with Gasteiger partial charge in [0.05, 0.1) is 0 Å². The van der Waals surface area contributed by atoms with Gasteiger partial charge >= 0.3 is 0 Å². The number of nitrogens with zero attached hydrogens (tertiary/aromatic N) is 2. The molecule has 3 rings (SSSR count). The maximum absolute atomic E-state index is 6.35. The van der Waals surface area contributed by atoms with Crippen molar-refractivity contribution >= 4 is 45.6 Å². The molecule has 140 valence electrons. The highest BCUT2D eigenvalue weighted by Crippen LogP contribution is 2.32. The smallest absolute Gasteiger partial charge is 0.159 e. The molecule has 26 heavy (non-hydrogen) atoms. The number of hydrogen-bond acceptors (Lipinski definition) is 6. The summed E-state index contributed by atoms with van der Waals surface area (Å²) in [5, 5.41) is 10.5. The first-order chi connectivity index (χ1) is 12.1. The number of anilines is 4. The predicted molar refractivity (Wildman–Crippen MR) is 117 cm³/mol. The van der Waals surface area contributed by atoms with E-state index in [0.717, 1.165) is 18.5 Å². The lowest BCUT2D eigenvalue weighted by Crippen LogP contribution is -2.60. The van der Waals surface area contributed by atoms with Crippen molar-refractivity contribution < 1.29 is 0 Å². The second-order valence-corrected chi connectivity index (χ2v) is 9.50. The van der Waals surface area contributed by atoms with Gasteiger partial charge in [0.1, 0.15) is 12.0 Å². The molecular weight excluding hydrogens is 439 g/mol. The number of aromatic nitrogens is 2. The molecule has 2 aromatic rings. The average Bonchev–Trinajstić information content (AvgIpc) is 2.50. The summed E-state index contributed by atoms with van der Waals surface area (Å²) in [5.41, 5.74) is 7.96. The quantitative estimate of drug-likeness (QED) is 0.507. The normalized spacial score (nSPS) is 19.1. The summed E-state index contributed by atoms with van der Waals surface area (Å²) in [4.78, 5) is 8.68. The Bertz CT molecular complexity index is 756. The minimum atomic E-state index is 0.0590. The number of nitrogens with two attached hydrogens (primary N) is 1. The Hall–Kier alpha value is -1.61. The molecule has 0 saturated carbocycles. The number of nitrogens with one attached hydrogen (secondary N) is 3. The van der Waals surface area contributed by atoms with Crippen LogP contribution < -0.4 is 21.7 Å². The zero-order chi connectivity index (χ0) is 18.9. The lowest BCUT2D eigenvalue weighted by molar-refractivity contribution is 0.170. The number of rotatable bonds is 4. The number of nitrogen functional groups attached to an aromatic ring is 1. The van der Waals surface area contributed by atoms with Crippen LogP contribution in [-0.2, 0) is 0 Å². The van der Waals surface area contributed by atoms with Crippen LogP contribution in [0.5, 0.6) is 0 Å². The van der Waals surface area contributed by atoms with Gasteiger partial charge in [-0.15, -0.1) is 0 Å². The van der Waals surface area contributed by atoms with Crippen molar-refractivity contribution in [2.24, 2.45) is 0 Å². The van der Waals surface area contributed by atoms with Crippen LogP contribution in [0.3, 0.4) is 0 Å². The maximum atomic E-state index is 6.35. The predicted octanol–water partition coefficient (Wildman–Crippen LogP) is 4.13. The van der Waals surface area contributed by atoms with Gasteiger partial charge in [-0.2, -0.15) is 0 Å². The van der Waals surface area contributed by atoms with Gasteiger partial charge in [0.15, 0.2) is 11.6 Å². The standard InChI is InChI=1S/C19H27IN6/c1-18(2)9-14(10-19(3,4)26-18)25-17-15(21)16(22-11-23-17)24-13-7-5-12(20)6-8-13/h5-8,11,14,26H,9-10,21H2,1-4H3,(H2,22,23,24,25). The van der Waals surface area contributed by atoms with E-state index in [2.05, 4.69) is 76.2 Å². The SMILES string of the molecule is CC1(C)CC(Nc2ncnc(Nc3ccc(I)cc3)c2N)CC(C)(C)N1. The molecule has 2 heterocycles. The monoisotopic (exact) mass is 466 g/mol.